The van der Waals surface area contributed by atoms with Crippen molar-refractivity contribution in [3.05, 3.63) is 21.9 Å². The number of aryl methyl sites for hydroxylation is 1. The topological polar surface area (TPSA) is 23.5 Å². The van der Waals surface area contributed by atoms with Gasteiger partial charge < -0.3 is 10.0 Å². The van der Waals surface area contributed by atoms with E-state index < -0.39 is 5.60 Å². The number of hydrogen-bond acceptors (Lipinski definition) is 3. The van der Waals surface area contributed by atoms with Crippen LogP contribution in [0.3, 0.4) is 0 Å². The van der Waals surface area contributed by atoms with Crippen LogP contribution < -0.4 is 0 Å². The first-order valence-corrected chi connectivity index (χ1v) is 6.38. The van der Waals surface area contributed by atoms with Crippen molar-refractivity contribution >= 4 is 11.3 Å². The van der Waals surface area contributed by atoms with Gasteiger partial charge in [-0.1, -0.05) is 0 Å². The first kappa shape index (κ1) is 11.1. The van der Waals surface area contributed by atoms with Crippen LogP contribution >= 0.6 is 11.3 Å². The number of hydrogen-bond donors (Lipinski definition) is 1. The Balaban J connectivity index is 2.25. The lowest BCUT2D eigenvalue weighted by atomic mass is 9.82. The van der Waals surface area contributed by atoms with Gasteiger partial charge >= 0.3 is 0 Å². The van der Waals surface area contributed by atoms with Crippen LogP contribution in [0.1, 0.15) is 30.2 Å². The largest absolute Gasteiger partial charge is 0.385 e. The maximum absolute atomic E-state index is 10.7. The van der Waals surface area contributed by atoms with Crippen LogP contribution in [0, 0.1) is 6.92 Å². The minimum atomic E-state index is -0.587. The van der Waals surface area contributed by atoms with Gasteiger partial charge in [-0.05, 0) is 50.7 Å². The Hall–Kier alpha value is -0.380. The molecule has 2 atom stereocenters. The molecule has 1 fully saturated rings. The lowest BCUT2D eigenvalue weighted by molar-refractivity contribution is -0.0409. The molecule has 2 heterocycles. The van der Waals surface area contributed by atoms with E-state index in [1.807, 2.05) is 0 Å². The summed E-state index contributed by atoms with van der Waals surface area (Å²) in [6.07, 6.45) is 1.70. The van der Waals surface area contributed by atoms with Crippen LogP contribution in [0.2, 0.25) is 0 Å². The number of rotatable bonds is 1. The molecule has 1 aromatic heterocycles. The Bertz CT molecular complexity index is 349. The molecule has 3 heteroatoms. The maximum Gasteiger partial charge on any atom is 0.0934 e. The fraction of sp³-hybridized carbons (Fsp3) is 0.667. The number of thiophene rings is 1. The Labute approximate surface area is 95.5 Å². The molecule has 2 nitrogen and oxygen atoms in total. The van der Waals surface area contributed by atoms with Crippen molar-refractivity contribution in [3.63, 3.8) is 0 Å². The second-order valence-corrected chi connectivity index (χ2v) is 5.83. The number of aliphatic hydroxyl groups is 1. The molecule has 2 rings (SSSR count). The lowest BCUT2D eigenvalue weighted by Crippen LogP contribution is -2.46. The van der Waals surface area contributed by atoms with Crippen molar-refractivity contribution in [2.45, 2.75) is 38.3 Å². The molecule has 0 spiro atoms. The van der Waals surface area contributed by atoms with E-state index in [-0.39, 0.29) is 0 Å². The Morgan fingerprint density at radius 2 is 2.33 bits per heavy atom. The first-order chi connectivity index (χ1) is 7.03. The van der Waals surface area contributed by atoms with Crippen LogP contribution in [-0.2, 0) is 5.60 Å². The van der Waals surface area contributed by atoms with Gasteiger partial charge in [0.15, 0.2) is 0 Å². The zero-order chi connectivity index (χ0) is 11.1. The molecule has 0 radical (unpaired) electrons. The van der Waals surface area contributed by atoms with Gasteiger partial charge in [-0.3, -0.25) is 0 Å². The minimum Gasteiger partial charge on any atom is -0.385 e. The summed E-state index contributed by atoms with van der Waals surface area (Å²) in [5.41, 5.74) is 0.558. The van der Waals surface area contributed by atoms with Crippen molar-refractivity contribution in [2.75, 3.05) is 13.6 Å². The van der Waals surface area contributed by atoms with Gasteiger partial charge in [-0.2, -0.15) is 0 Å². The molecule has 1 aromatic rings. The smallest absolute Gasteiger partial charge is 0.0934 e. The quantitative estimate of drug-likeness (QED) is 0.793. The molecule has 84 valence electrons. The van der Waals surface area contributed by atoms with Crippen LogP contribution in [-0.4, -0.2) is 29.6 Å². The third-order valence-corrected chi connectivity index (χ3v) is 4.47. The molecule has 2 unspecified atom stereocenters. The van der Waals surface area contributed by atoms with E-state index in [1.54, 1.807) is 11.3 Å². The van der Waals surface area contributed by atoms with Gasteiger partial charge in [0.05, 0.1) is 5.60 Å². The van der Waals surface area contributed by atoms with E-state index >= 15 is 0 Å². The number of likely N-dealkylation sites (tertiary alicyclic amines) is 1. The monoisotopic (exact) mass is 225 g/mol. The summed E-state index contributed by atoms with van der Waals surface area (Å²) in [5.74, 6) is 0. The van der Waals surface area contributed by atoms with Crippen molar-refractivity contribution in [1.29, 1.82) is 0 Å². The molecule has 0 aliphatic carbocycles. The zero-order valence-electron chi connectivity index (χ0n) is 9.66. The highest BCUT2D eigenvalue weighted by Crippen LogP contribution is 2.38. The normalized spacial score (nSPS) is 33.2. The van der Waals surface area contributed by atoms with Crippen molar-refractivity contribution < 1.29 is 5.11 Å². The van der Waals surface area contributed by atoms with Gasteiger partial charge in [-0.25, -0.2) is 0 Å². The Morgan fingerprint density at radius 1 is 1.60 bits per heavy atom. The van der Waals surface area contributed by atoms with Crippen molar-refractivity contribution in [2.24, 2.45) is 0 Å². The van der Waals surface area contributed by atoms with Crippen LogP contribution in [0.15, 0.2) is 11.4 Å². The fourth-order valence-electron chi connectivity index (χ4n) is 2.44. The summed E-state index contributed by atoms with van der Waals surface area (Å²) in [6, 6.07) is 2.54. The summed E-state index contributed by atoms with van der Waals surface area (Å²) in [5, 5.41) is 12.8. The van der Waals surface area contributed by atoms with E-state index in [2.05, 4.69) is 37.2 Å². The molecule has 0 saturated carbocycles. The molecular weight excluding hydrogens is 206 g/mol. The summed E-state index contributed by atoms with van der Waals surface area (Å²) in [6.45, 7) is 5.26. The minimum absolute atomic E-state index is 0.461. The van der Waals surface area contributed by atoms with Crippen LogP contribution in [0.25, 0.3) is 0 Å². The molecule has 0 bridgehead atoms. The molecule has 1 aliphatic rings. The molecule has 1 aliphatic heterocycles. The molecule has 0 amide bonds. The summed E-state index contributed by atoms with van der Waals surface area (Å²) >= 11 is 1.73. The van der Waals surface area contributed by atoms with Gasteiger partial charge in [0.25, 0.3) is 0 Å². The standard InChI is InChI=1S/C12H19NOS/c1-9-8-12(14,5-6-13(9)3)11-4-7-15-10(11)2/h4,7,9,14H,5-6,8H2,1-3H3. The first-order valence-electron chi connectivity index (χ1n) is 5.50. The van der Waals surface area contributed by atoms with E-state index in [1.165, 1.54) is 4.88 Å². The SMILES string of the molecule is Cc1sccc1C1(O)CCN(C)C(C)C1. The zero-order valence-corrected chi connectivity index (χ0v) is 10.5. The second kappa shape index (κ2) is 3.89. The average Bonchev–Trinajstić information content (AvgIpc) is 2.59. The van der Waals surface area contributed by atoms with Crippen LogP contribution in [0.4, 0.5) is 0 Å². The predicted octanol–water partition coefficient (Wildman–Crippen LogP) is 2.36. The maximum atomic E-state index is 10.7. The number of piperidine rings is 1. The molecule has 1 saturated heterocycles. The van der Waals surface area contributed by atoms with Gasteiger partial charge in [0.2, 0.25) is 0 Å². The van der Waals surface area contributed by atoms with Gasteiger partial charge in [0, 0.05) is 17.5 Å². The second-order valence-electron chi connectivity index (χ2n) is 4.71. The molecular formula is C12H19NOS. The lowest BCUT2D eigenvalue weighted by Gasteiger charge is -2.41. The third kappa shape index (κ3) is 1.96. The molecule has 0 aromatic carbocycles. The average molecular weight is 225 g/mol. The molecule has 15 heavy (non-hydrogen) atoms. The van der Waals surface area contributed by atoms with Crippen molar-refractivity contribution in [3.8, 4) is 0 Å². The van der Waals surface area contributed by atoms with E-state index in [0.717, 1.165) is 24.9 Å². The third-order valence-electron chi connectivity index (χ3n) is 3.62. The highest BCUT2D eigenvalue weighted by Gasteiger charge is 2.37. The molecule has 1 N–H and O–H groups in total. The van der Waals surface area contributed by atoms with Gasteiger partial charge in [0.1, 0.15) is 0 Å². The summed E-state index contributed by atoms with van der Waals surface area (Å²) < 4.78 is 0. The van der Waals surface area contributed by atoms with Crippen LogP contribution in [0.5, 0.6) is 0 Å². The predicted molar refractivity (Wildman–Crippen MR) is 64.3 cm³/mol. The van der Waals surface area contributed by atoms with E-state index in [4.69, 9.17) is 0 Å². The Morgan fingerprint density at radius 3 is 2.87 bits per heavy atom. The summed E-state index contributed by atoms with van der Waals surface area (Å²) in [4.78, 5) is 3.57. The van der Waals surface area contributed by atoms with Crippen molar-refractivity contribution in [1.82, 2.24) is 4.90 Å². The van der Waals surface area contributed by atoms with E-state index in [9.17, 15) is 5.11 Å². The highest BCUT2D eigenvalue weighted by molar-refractivity contribution is 7.10. The Kier molecular flexibility index (Phi) is 2.88. The highest BCUT2D eigenvalue weighted by atomic mass is 32.1. The fourth-order valence-corrected chi connectivity index (χ4v) is 3.23. The number of nitrogens with zero attached hydrogens (tertiary/aromatic N) is 1. The van der Waals surface area contributed by atoms with Gasteiger partial charge in [-0.15, -0.1) is 11.3 Å². The van der Waals surface area contributed by atoms with E-state index in [0.29, 0.717) is 6.04 Å². The summed E-state index contributed by atoms with van der Waals surface area (Å²) in [7, 11) is 2.13.